The number of aryl methyl sites for hydroxylation is 3. The first kappa shape index (κ1) is 13.1. The number of carbonyl (C=O) groups excluding carboxylic acids is 1. The summed E-state index contributed by atoms with van der Waals surface area (Å²) in [5.74, 6) is 1.14. The normalized spacial score (nSPS) is 14.1. The zero-order valence-electron chi connectivity index (χ0n) is 12.1. The van der Waals surface area contributed by atoms with E-state index in [1.165, 1.54) is 24.2 Å². The van der Waals surface area contributed by atoms with Gasteiger partial charge in [0.1, 0.15) is 5.82 Å². The monoisotopic (exact) mass is 268 g/mol. The first-order valence-corrected chi connectivity index (χ1v) is 7.30. The molecule has 3 rings (SSSR count). The lowest BCUT2D eigenvalue weighted by molar-refractivity contribution is 0.0970. The first-order chi connectivity index (χ1) is 9.65. The molecule has 0 spiro atoms. The van der Waals surface area contributed by atoms with E-state index in [4.69, 9.17) is 0 Å². The Hall–Kier alpha value is -1.90. The fraction of sp³-hybridized carbons (Fsp3) is 0.412. The van der Waals surface area contributed by atoms with Crippen LogP contribution in [0.4, 0.5) is 0 Å². The van der Waals surface area contributed by atoms with Crippen molar-refractivity contribution < 1.29 is 4.79 Å². The zero-order chi connectivity index (χ0) is 14.1. The molecule has 104 valence electrons. The molecule has 3 heteroatoms. The highest BCUT2D eigenvalue weighted by atomic mass is 16.1. The average Bonchev–Trinajstić information content (AvgIpc) is 2.75. The molecule has 1 aromatic carbocycles. The van der Waals surface area contributed by atoms with E-state index in [2.05, 4.69) is 9.55 Å². The Morgan fingerprint density at radius 1 is 1.25 bits per heavy atom. The lowest BCUT2D eigenvalue weighted by atomic mass is 10.0. The van der Waals surface area contributed by atoms with E-state index in [0.29, 0.717) is 6.54 Å². The van der Waals surface area contributed by atoms with E-state index in [1.54, 1.807) is 0 Å². The van der Waals surface area contributed by atoms with Crippen molar-refractivity contribution in [2.45, 2.75) is 46.1 Å². The van der Waals surface area contributed by atoms with Gasteiger partial charge in [0.05, 0.1) is 12.2 Å². The Balaban J connectivity index is 1.88. The summed E-state index contributed by atoms with van der Waals surface area (Å²) in [6, 6.07) is 7.81. The SMILES string of the molecule is Cc1cccc(C(=O)Cn2c(C)nc3c2CCCC3)c1. The van der Waals surface area contributed by atoms with Crippen LogP contribution in [0.5, 0.6) is 0 Å². The number of benzene rings is 1. The molecule has 3 nitrogen and oxygen atoms in total. The number of aromatic nitrogens is 2. The van der Waals surface area contributed by atoms with E-state index in [-0.39, 0.29) is 5.78 Å². The van der Waals surface area contributed by atoms with Crippen molar-refractivity contribution in [3.8, 4) is 0 Å². The second-order valence-electron chi connectivity index (χ2n) is 5.64. The maximum Gasteiger partial charge on any atom is 0.182 e. The van der Waals surface area contributed by atoms with Gasteiger partial charge in [-0.3, -0.25) is 4.79 Å². The molecule has 0 aliphatic heterocycles. The summed E-state index contributed by atoms with van der Waals surface area (Å²) < 4.78 is 2.11. The van der Waals surface area contributed by atoms with Crippen LogP contribution in [0.15, 0.2) is 24.3 Å². The third-order valence-corrected chi connectivity index (χ3v) is 4.07. The molecule has 0 saturated heterocycles. The molecule has 0 bridgehead atoms. The number of Topliss-reactive ketones (excluding diaryl/α,β-unsaturated/α-hetero) is 1. The molecule has 0 N–H and O–H groups in total. The smallest absolute Gasteiger partial charge is 0.182 e. The molecular formula is C17H20N2O. The van der Waals surface area contributed by atoms with Crippen molar-refractivity contribution in [1.29, 1.82) is 0 Å². The van der Waals surface area contributed by atoms with Gasteiger partial charge in [0, 0.05) is 11.3 Å². The minimum atomic E-state index is 0.169. The minimum absolute atomic E-state index is 0.169. The van der Waals surface area contributed by atoms with Crippen LogP contribution in [-0.4, -0.2) is 15.3 Å². The molecule has 0 atom stereocenters. The van der Waals surface area contributed by atoms with Crippen LogP contribution in [0.3, 0.4) is 0 Å². The minimum Gasteiger partial charge on any atom is -0.324 e. The molecule has 1 aliphatic carbocycles. The Labute approximate surface area is 119 Å². The number of ketones is 1. The van der Waals surface area contributed by atoms with Gasteiger partial charge in [-0.25, -0.2) is 4.98 Å². The average molecular weight is 268 g/mol. The van der Waals surface area contributed by atoms with Gasteiger partial charge >= 0.3 is 0 Å². The number of imidazole rings is 1. The van der Waals surface area contributed by atoms with E-state index >= 15 is 0 Å². The van der Waals surface area contributed by atoms with Crippen molar-refractivity contribution in [3.63, 3.8) is 0 Å². The maximum atomic E-state index is 12.5. The van der Waals surface area contributed by atoms with Crippen molar-refractivity contribution in [2.24, 2.45) is 0 Å². The summed E-state index contributed by atoms with van der Waals surface area (Å²) in [5.41, 5.74) is 4.39. The Kier molecular flexibility index (Phi) is 3.43. The molecule has 20 heavy (non-hydrogen) atoms. The first-order valence-electron chi connectivity index (χ1n) is 7.30. The van der Waals surface area contributed by atoms with Crippen LogP contribution in [0.2, 0.25) is 0 Å². The van der Waals surface area contributed by atoms with Gasteiger partial charge < -0.3 is 4.57 Å². The summed E-state index contributed by atoms with van der Waals surface area (Å²) in [6.45, 7) is 4.43. The summed E-state index contributed by atoms with van der Waals surface area (Å²) in [5, 5.41) is 0. The Morgan fingerprint density at radius 2 is 2.05 bits per heavy atom. The number of carbonyl (C=O) groups is 1. The van der Waals surface area contributed by atoms with E-state index < -0.39 is 0 Å². The number of nitrogens with zero attached hydrogens (tertiary/aromatic N) is 2. The van der Waals surface area contributed by atoms with Crippen molar-refractivity contribution in [1.82, 2.24) is 9.55 Å². The molecule has 0 saturated carbocycles. The highest BCUT2D eigenvalue weighted by Crippen LogP contribution is 2.22. The second kappa shape index (κ2) is 5.23. The van der Waals surface area contributed by atoms with Crippen molar-refractivity contribution in [2.75, 3.05) is 0 Å². The van der Waals surface area contributed by atoms with Gasteiger partial charge in [0.2, 0.25) is 0 Å². The Morgan fingerprint density at radius 3 is 2.85 bits per heavy atom. The highest BCUT2D eigenvalue weighted by Gasteiger charge is 2.19. The molecule has 0 unspecified atom stereocenters. The summed E-state index contributed by atoms with van der Waals surface area (Å²) in [7, 11) is 0. The van der Waals surface area contributed by atoms with Crippen LogP contribution in [0.25, 0.3) is 0 Å². The van der Waals surface area contributed by atoms with Gasteiger partial charge in [0.15, 0.2) is 5.78 Å². The Bertz CT molecular complexity index is 655. The van der Waals surface area contributed by atoms with Gasteiger partial charge in [0.25, 0.3) is 0 Å². The van der Waals surface area contributed by atoms with Crippen LogP contribution < -0.4 is 0 Å². The highest BCUT2D eigenvalue weighted by molar-refractivity contribution is 5.96. The lowest BCUT2D eigenvalue weighted by Crippen LogP contribution is -2.16. The van der Waals surface area contributed by atoms with E-state index in [9.17, 15) is 4.79 Å². The topological polar surface area (TPSA) is 34.9 Å². The summed E-state index contributed by atoms with van der Waals surface area (Å²) in [6.07, 6.45) is 4.53. The van der Waals surface area contributed by atoms with Gasteiger partial charge in [-0.2, -0.15) is 0 Å². The number of hydrogen-bond donors (Lipinski definition) is 0. The summed E-state index contributed by atoms with van der Waals surface area (Å²) >= 11 is 0. The molecule has 0 amide bonds. The third-order valence-electron chi connectivity index (χ3n) is 4.07. The quantitative estimate of drug-likeness (QED) is 0.801. The van der Waals surface area contributed by atoms with Crippen LogP contribution in [0.1, 0.15) is 46.0 Å². The van der Waals surface area contributed by atoms with Gasteiger partial charge in [-0.05, 0) is 45.6 Å². The zero-order valence-corrected chi connectivity index (χ0v) is 12.1. The number of hydrogen-bond acceptors (Lipinski definition) is 2. The molecule has 0 radical (unpaired) electrons. The fourth-order valence-corrected chi connectivity index (χ4v) is 3.00. The predicted molar refractivity (Wildman–Crippen MR) is 79.1 cm³/mol. The standard InChI is InChI=1S/C17H20N2O/c1-12-6-5-7-14(10-12)17(20)11-19-13(2)18-15-8-3-4-9-16(15)19/h5-7,10H,3-4,8-9,11H2,1-2H3. The molecular weight excluding hydrogens is 248 g/mol. The predicted octanol–water partition coefficient (Wildman–Crippen LogP) is 3.26. The molecule has 2 aromatic rings. The number of rotatable bonds is 3. The fourth-order valence-electron chi connectivity index (χ4n) is 3.00. The van der Waals surface area contributed by atoms with Gasteiger partial charge in [-0.15, -0.1) is 0 Å². The van der Waals surface area contributed by atoms with Crippen LogP contribution >= 0.6 is 0 Å². The van der Waals surface area contributed by atoms with Crippen molar-refractivity contribution in [3.05, 3.63) is 52.6 Å². The number of fused-ring (bicyclic) bond motifs is 1. The molecule has 0 fully saturated rings. The molecule has 1 aromatic heterocycles. The van der Waals surface area contributed by atoms with Crippen LogP contribution in [-0.2, 0) is 19.4 Å². The molecule has 1 aliphatic rings. The van der Waals surface area contributed by atoms with E-state index in [1.807, 2.05) is 38.1 Å². The van der Waals surface area contributed by atoms with Crippen LogP contribution in [0, 0.1) is 13.8 Å². The van der Waals surface area contributed by atoms with Crippen molar-refractivity contribution >= 4 is 5.78 Å². The third kappa shape index (κ3) is 2.40. The van der Waals surface area contributed by atoms with E-state index in [0.717, 1.165) is 29.8 Å². The molecule has 1 heterocycles. The second-order valence-corrected chi connectivity index (χ2v) is 5.64. The lowest BCUT2D eigenvalue weighted by Gasteiger charge is -2.14. The summed E-state index contributed by atoms with van der Waals surface area (Å²) in [4.78, 5) is 17.1. The van der Waals surface area contributed by atoms with Gasteiger partial charge in [-0.1, -0.05) is 23.8 Å². The largest absolute Gasteiger partial charge is 0.324 e. The maximum absolute atomic E-state index is 12.5.